The molecule has 1 aromatic rings. The number of hydrogen-bond donors (Lipinski definition) is 0. The fourth-order valence-electron chi connectivity index (χ4n) is 1.32. The van der Waals surface area contributed by atoms with E-state index >= 15 is 0 Å². The van der Waals surface area contributed by atoms with E-state index in [0.29, 0.717) is 6.54 Å². The highest BCUT2D eigenvalue weighted by Gasteiger charge is 2.09. The lowest BCUT2D eigenvalue weighted by Gasteiger charge is -2.17. The third kappa shape index (κ3) is 3.67. The number of benzene rings is 1. The van der Waals surface area contributed by atoms with Gasteiger partial charge in [0.05, 0.1) is 6.07 Å². The molecule has 0 aliphatic carbocycles. The van der Waals surface area contributed by atoms with Crippen LogP contribution in [-0.4, -0.2) is 17.9 Å². The van der Waals surface area contributed by atoms with Gasteiger partial charge in [0.15, 0.2) is 0 Å². The van der Waals surface area contributed by atoms with Crippen LogP contribution in [0.25, 0.3) is 0 Å². The Morgan fingerprint density at radius 2 is 2.19 bits per heavy atom. The van der Waals surface area contributed by atoms with Crippen molar-refractivity contribution in [3.05, 3.63) is 34.3 Å². The van der Waals surface area contributed by atoms with Crippen molar-refractivity contribution in [1.82, 2.24) is 4.90 Å². The molecule has 1 rings (SSSR count). The monoisotopic (exact) mass is 280 g/mol. The predicted octanol–water partition coefficient (Wildman–Crippen LogP) is 2.71. The summed E-state index contributed by atoms with van der Waals surface area (Å²) in [5.74, 6) is -0.00250. The van der Waals surface area contributed by atoms with E-state index in [2.05, 4.69) is 15.9 Å². The molecule has 0 saturated carbocycles. The minimum Gasteiger partial charge on any atom is -0.341 e. The van der Waals surface area contributed by atoms with Crippen molar-refractivity contribution in [2.24, 2.45) is 0 Å². The van der Waals surface area contributed by atoms with E-state index in [1.165, 1.54) is 0 Å². The molecule has 0 spiro atoms. The van der Waals surface area contributed by atoms with E-state index in [9.17, 15) is 4.79 Å². The van der Waals surface area contributed by atoms with Gasteiger partial charge in [-0.05, 0) is 11.6 Å². The third-order valence-electron chi connectivity index (χ3n) is 2.24. The van der Waals surface area contributed by atoms with E-state index < -0.39 is 0 Å². The molecule has 0 saturated heterocycles. The van der Waals surface area contributed by atoms with Crippen LogP contribution >= 0.6 is 15.9 Å². The topological polar surface area (TPSA) is 44.1 Å². The molecular weight excluding hydrogens is 268 g/mol. The molecule has 0 bridgehead atoms. The van der Waals surface area contributed by atoms with Crippen LogP contribution in [0.15, 0.2) is 28.7 Å². The maximum Gasteiger partial charge on any atom is 0.223 e. The van der Waals surface area contributed by atoms with E-state index in [1.807, 2.05) is 30.3 Å². The summed E-state index contributed by atoms with van der Waals surface area (Å²) in [5, 5.41) is 8.40. The Kier molecular flexibility index (Phi) is 5.00. The summed E-state index contributed by atoms with van der Waals surface area (Å²) in [6, 6.07) is 9.76. The van der Waals surface area contributed by atoms with Crippen LogP contribution < -0.4 is 0 Å². The van der Waals surface area contributed by atoms with Crippen molar-refractivity contribution in [3.8, 4) is 6.07 Å². The molecule has 1 amide bonds. The molecule has 3 nitrogen and oxygen atoms in total. The van der Waals surface area contributed by atoms with Crippen LogP contribution in [0, 0.1) is 11.3 Å². The van der Waals surface area contributed by atoms with E-state index in [-0.39, 0.29) is 18.7 Å². The normalized spacial score (nSPS) is 9.56. The predicted molar refractivity (Wildman–Crippen MR) is 65.5 cm³/mol. The molecule has 0 fully saturated rings. The van der Waals surface area contributed by atoms with Crippen LogP contribution in [0.4, 0.5) is 0 Å². The Hall–Kier alpha value is -1.34. The second kappa shape index (κ2) is 6.29. The Labute approximate surface area is 104 Å². The van der Waals surface area contributed by atoms with E-state index in [0.717, 1.165) is 10.0 Å². The molecule has 0 aliphatic rings. The maximum absolute atomic E-state index is 11.6. The number of rotatable bonds is 4. The molecule has 0 aromatic heterocycles. The lowest BCUT2D eigenvalue weighted by atomic mass is 10.2. The summed E-state index contributed by atoms with van der Waals surface area (Å²) in [5.41, 5.74) is 1.07. The van der Waals surface area contributed by atoms with Crippen molar-refractivity contribution in [1.29, 1.82) is 5.26 Å². The fraction of sp³-hybridized carbons (Fsp3) is 0.333. The second-order valence-corrected chi connectivity index (χ2v) is 4.35. The number of amides is 1. The highest BCUT2D eigenvalue weighted by molar-refractivity contribution is 9.10. The first-order valence-electron chi connectivity index (χ1n) is 4.99. The minimum absolute atomic E-state index is 0.00250. The summed E-state index contributed by atoms with van der Waals surface area (Å²) in [4.78, 5) is 13.2. The summed E-state index contributed by atoms with van der Waals surface area (Å²) >= 11 is 3.44. The van der Waals surface area contributed by atoms with E-state index in [1.54, 1.807) is 11.9 Å². The van der Waals surface area contributed by atoms with E-state index in [4.69, 9.17) is 5.26 Å². The van der Waals surface area contributed by atoms with Gasteiger partial charge >= 0.3 is 0 Å². The lowest BCUT2D eigenvalue weighted by Crippen LogP contribution is -2.25. The van der Waals surface area contributed by atoms with Gasteiger partial charge in [0.2, 0.25) is 5.91 Å². The zero-order chi connectivity index (χ0) is 12.0. The molecule has 0 aliphatic heterocycles. The Morgan fingerprint density at radius 3 is 2.81 bits per heavy atom. The fourth-order valence-corrected chi connectivity index (χ4v) is 1.73. The van der Waals surface area contributed by atoms with Gasteiger partial charge in [-0.25, -0.2) is 0 Å². The molecule has 16 heavy (non-hydrogen) atoms. The number of halogens is 1. The van der Waals surface area contributed by atoms with Crippen molar-refractivity contribution < 1.29 is 4.79 Å². The van der Waals surface area contributed by atoms with Crippen molar-refractivity contribution in [2.75, 3.05) is 7.05 Å². The van der Waals surface area contributed by atoms with Crippen LogP contribution in [-0.2, 0) is 11.3 Å². The molecule has 84 valence electrons. The quantitative estimate of drug-likeness (QED) is 0.851. The second-order valence-electron chi connectivity index (χ2n) is 3.50. The highest BCUT2D eigenvalue weighted by atomic mass is 79.9. The Balaban J connectivity index is 2.58. The molecule has 4 heteroatoms. The Morgan fingerprint density at radius 1 is 1.50 bits per heavy atom. The largest absolute Gasteiger partial charge is 0.341 e. The molecule has 1 aromatic carbocycles. The molecule has 0 N–H and O–H groups in total. The molecule has 0 radical (unpaired) electrons. The van der Waals surface area contributed by atoms with Gasteiger partial charge in [0.25, 0.3) is 0 Å². The van der Waals surface area contributed by atoms with Crippen LogP contribution in [0.1, 0.15) is 18.4 Å². The zero-order valence-corrected chi connectivity index (χ0v) is 10.7. The average Bonchev–Trinajstić information content (AvgIpc) is 2.28. The third-order valence-corrected chi connectivity index (χ3v) is 3.02. The smallest absolute Gasteiger partial charge is 0.223 e. The first-order valence-corrected chi connectivity index (χ1v) is 5.78. The number of hydrogen-bond acceptors (Lipinski definition) is 2. The van der Waals surface area contributed by atoms with Crippen molar-refractivity contribution >= 4 is 21.8 Å². The standard InChI is InChI=1S/C12H13BrN2O/c1-15(12(16)7-4-8-14)9-10-5-2-3-6-11(10)13/h2-3,5-6H,4,7,9H2,1H3. The summed E-state index contributed by atoms with van der Waals surface area (Å²) in [7, 11) is 1.75. The van der Waals surface area contributed by atoms with Gasteiger partial charge in [-0.3, -0.25) is 4.79 Å². The maximum atomic E-state index is 11.6. The summed E-state index contributed by atoms with van der Waals surface area (Å²) in [6.07, 6.45) is 0.566. The number of carbonyl (C=O) groups excluding carboxylic acids is 1. The summed E-state index contributed by atoms with van der Waals surface area (Å²) in [6.45, 7) is 0.561. The van der Waals surface area contributed by atoms with Crippen molar-refractivity contribution in [2.45, 2.75) is 19.4 Å². The van der Waals surface area contributed by atoms with Gasteiger partial charge in [-0.15, -0.1) is 0 Å². The molecular formula is C12H13BrN2O. The molecule has 0 unspecified atom stereocenters. The van der Waals surface area contributed by atoms with Crippen LogP contribution in [0.3, 0.4) is 0 Å². The number of nitriles is 1. The number of nitrogens with zero attached hydrogens (tertiary/aromatic N) is 2. The zero-order valence-electron chi connectivity index (χ0n) is 9.11. The average molecular weight is 281 g/mol. The highest BCUT2D eigenvalue weighted by Crippen LogP contribution is 2.17. The Bertz CT molecular complexity index is 412. The molecule has 0 heterocycles. The van der Waals surface area contributed by atoms with Gasteiger partial charge in [0.1, 0.15) is 0 Å². The van der Waals surface area contributed by atoms with Gasteiger partial charge in [-0.1, -0.05) is 34.1 Å². The van der Waals surface area contributed by atoms with Gasteiger partial charge < -0.3 is 4.90 Å². The summed E-state index contributed by atoms with van der Waals surface area (Å²) < 4.78 is 0.995. The molecule has 0 atom stereocenters. The minimum atomic E-state index is -0.00250. The van der Waals surface area contributed by atoms with Gasteiger partial charge in [0, 0.05) is 30.9 Å². The first-order chi connectivity index (χ1) is 7.65. The SMILES string of the molecule is CN(Cc1ccccc1Br)C(=O)CCC#N. The van der Waals surface area contributed by atoms with Crippen LogP contribution in [0.5, 0.6) is 0 Å². The van der Waals surface area contributed by atoms with Crippen molar-refractivity contribution in [3.63, 3.8) is 0 Å². The lowest BCUT2D eigenvalue weighted by molar-refractivity contribution is -0.130. The van der Waals surface area contributed by atoms with Gasteiger partial charge in [-0.2, -0.15) is 5.26 Å². The van der Waals surface area contributed by atoms with Crippen LogP contribution in [0.2, 0.25) is 0 Å². The first kappa shape index (κ1) is 12.7. The number of carbonyl (C=O) groups is 1.